The van der Waals surface area contributed by atoms with E-state index in [9.17, 15) is 5.11 Å². The van der Waals surface area contributed by atoms with Crippen molar-refractivity contribution in [2.24, 2.45) is 0 Å². The molecule has 0 aromatic carbocycles. The Bertz CT molecular complexity index is 417. The zero-order valence-corrected chi connectivity index (χ0v) is 19.3. The van der Waals surface area contributed by atoms with Crippen LogP contribution in [-0.4, -0.2) is 74.6 Å². The van der Waals surface area contributed by atoms with E-state index in [0.29, 0.717) is 37.3 Å². The molecular formula is C19H42Cl2MnN5O-5. The first-order valence-electron chi connectivity index (χ1n) is 10.6. The first kappa shape index (κ1) is 25.1. The molecule has 5 atom stereocenters. The van der Waals surface area contributed by atoms with Crippen molar-refractivity contribution in [3.8, 4) is 0 Å². The maximum absolute atomic E-state index is 9.60. The van der Waals surface area contributed by atoms with Crippen LogP contribution in [0.2, 0.25) is 0 Å². The van der Waals surface area contributed by atoms with Crippen LogP contribution < -0.4 is 0 Å². The van der Waals surface area contributed by atoms with Crippen LogP contribution in [0.4, 0.5) is 0 Å². The van der Waals surface area contributed by atoms with Crippen LogP contribution in [0.5, 0.6) is 0 Å². The van der Waals surface area contributed by atoms with E-state index < -0.39 is 0 Å². The maximum Gasteiger partial charge on any atom is 0 e. The molecule has 9 heteroatoms. The van der Waals surface area contributed by atoms with E-state index in [1.54, 1.807) is 0 Å². The van der Waals surface area contributed by atoms with E-state index >= 15 is 0 Å². The summed E-state index contributed by atoms with van der Waals surface area (Å²) in [5.41, 5.74) is 0. The predicted octanol–water partition coefficient (Wildman–Crippen LogP) is 6.21. The fourth-order valence-electron chi connectivity index (χ4n) is 4.38. The van der Waals surface area contributed by atoms with Crippen molar-refractivity contribution in [2.45, 2.75) is 81.6 Å². The molecule has 1 N–H and O–H groups in total. The van der Waals surface area contributed by atoms with Gasteiger partial charge < -0.3 is 31.7 Å². The average Bonchev–Trinajstić information content (AvgIpc) is 2.73. The number of rotatable bonds is 1. The SMILES string of the molecule is OC[C@@H]1C[N-]C2CCCC[C@H]2[N-]CC[N-]C2CCCC[C@H]2[N-]CC[N-]1.[Cl][Mn][Cl].[HH].[HH].[HH].[HH]. The molecule has 28 heavy (non-hydrogen) atoms. The Balaban J connectivity index is -0.00000114. The van der Waals surface area contributed by atoms with Gasteiger partial charge in [0.1, 0.15) is 0 Å². The van der Waals surface area contributed by atoms with Crippen LogP contribution in [0.15, 0.2) is 0 Å². The van der Waals surface area contributed by atoms with E-state index in [0.717, 1.165) is 38.9 Å². The molecule has 1 aliphatic heterocycles. The van der Waals surface area contributed by atoms with Gasteiger partial charge in [0.2, 0.25) is 0 Å². The van der Waals surface area contributed by atoms with Gasteiger partial charge in [-0.15, -0.1) is 6.04 Å². The fraction of sp³-hybridized carbons (Fsp3) is 1.00. The van der Waals surface area contributed by atoms with Gasteiger partial charge in [0.05, 0.1) is 0 Å². The summed E-state index contributed by atoms with van der Waals surface area (Å²) < 4.78 is 0. The molecule has 0 aromatic heterocycles. The van der Waals surface area contributed by atoms with Crippen LogP contribution in [-0.2, 0) is 13.1 Å². The molecule has 3 fully saturated rings. The number of fused-ring (bicyclic) bond motifs is 2. The summed E-state index contributed by atoms with van der Waals surface area (Å²) in [6.07, 6.45) is 9.66. The van der Waals surface area contributed by atoms with Gasteiger partial charge in [-0.3, -0.25) is 0 Å². The van der Waals surface area contributed by atoms with Crippen molar-refractivity contribution in [1.29, 1.82) is 0 Å². The molecule has 2 unspecified atom stereocenters. The molecule has 1 heterocycles. The monoisotopic (exact) mass is 481 g/mol. The van der Waals surface area contributed by atoms with Gasteiger partial charge in [-0.25, -0.2) is 0 Å². The molecule has 175 valence electrons. The minimum Gasteiger partial charge on any atom is 0 e. The average molecular weight is 482 g/mol. The maximum atomic E-state index is 9.60. The smallest absolute Gasteiger partial charge is 0 e. The molecule has 3 aliphatic rings. The number of nitrogens with zero attached hydrogens (tertiary/aromatic N) is 5. The molecule has 0 bridgehead atoms. The summed E-state index contributed by atoms with van der Waals surface area (Å²) in [5, 5.41) is 33.8. The summed E-state index contributed by atoms with van der Waals surface area (Å²) in [5.74, 6) is 0. The second-order valence-electron chi connectivity index (χ2n) is 7.72. The van der Waals surface area contributed by atoms with Gasteiger partial charge in [-0.05, 0) is 0 Å². The van der Waals surface area contributed by atoms with Gasteiger partial charge >= 0.3 is 33.3 Å². The van der Waals surface area contributed by atoms with Crippen molar-refractivity contribution in [1.82, 2.24) is 0 Å². The molecule has 0 spiro atoms. The summed E-state index contributed by atoms with van der Waals surface area (Å²) in [6, 6.07) is 1.34. The van der Waals surface area contributed by atoms with E-state index in [1.807, 2.05) is 0 Å². The first-order valence-corrected chi connectivity index (χ1v) is 13.8. The third kappa shape index (κ3) is 9.34. The number of hydrogen-bond donors (Lipinski definition) is 1. The quantitative estimate of drug-likeness (QED) is 0.442. The van der Waals surface area contributed by atoms with Crippen LogP contribution >= 0.6 is 20.2 Å². The number of aliphatic hydroxyl groups excluding tert-OH is 1. The second-order valence-corrected chi connectivity index (χ2v) is 9.67. The number of halogens is 2. The Morgan fingerprint density at radius 3 is 1.43 bits per heavy atom. The Morgan fingerprint density at radius 1 is 0.679 bits per heavy atom. The van der Waals surface area contributed by atoms with E-state index in [-0.39, 0.29) is 31.5 Å². The topological polar surface area (TPSA) is 90.7 Å². The Morgan fingerprint density at radius 2 is 1.04 bits per heavy atom. The molecule has 1 saturated heterocycles. The van der Waals surface area contributed by atoms with Crippen molar-refractivity contribution in [3.63, 3.8) is 0 Å². The minimum absolute atomic E-state index is 0. The Labute approximate surface area is 191 Å². The third-order valence-corrected chi connectivity index (χ3v) is 5.83. The van der Waals surface area contributed by atoms with Gasteiger partial charge in [-0.2, -0.15) is 56.9 Å². The second kappa shape index (κ2) is 15.6. The van der Waals surface area contributed by atoms with Crippen LogP contribution in [0.1, 0.15) is 57.1 Å². The molecule has 3 rings (SSSR count). The number of aliphatic hydroxyl groups is 1. The van der Waals surface area contributed by atoms with E-state index in [2.05, 4.69) is 5.32 Å². The van der Waals surface area contributed by atoms with E-state index in [1.165, 1.54) is 32.1 Å². The molecule has 0 amide bonds. The predicted molar refractivity (Wildman–Crippen MR) is 124 cm³/mol. The van der Waals surface area contributed by atoms with Crippen molar-refractivity contribution in [2.75, 3.05) is 39.3 Å². The summed E-state index contributed by atoms with van der Waals surface area (Å²) in [7, 11) is 9.59. The van der Waals surface area contributed by atoms with Crippen LogP contribution in [0, 0.1) is 0 Å². The van der Waals surface area contributed by atoms with Gasteiger partial charge in [0, 0.05) is 12.3 Å². The summed E-state index contributed by atoms with van der Waals surface area (Å²) in [4.78, 5) is 0. The fourth-order valence-corrected chi connectivity index (χ4v) is 4.38. The van der Waals surface area contributed by atoms with Crippen molar-refractivity contribution < 1.29 is 23.9 Å². The normalized spacial score (nSPS) is 35.9. The standard InChI is InChI=1S/C19H34N5O.2ClH.Mn.4H2/c25-14-15-13-24-19-8-4-3-7-18(19)23-12-11-22-17-6-2-1-5-16(17)21-10-9-20-15;;;;;;;/h15-19,25H,1-14H2;2*1H;;4*1H/q-5;;;+2;;;;/p-2/t15-,16+,17?,18+,19?;;;;;;;/m0......./s1. The first-order chi connectivity index (χ1) is 13.8. The largest absolute Gasteiger partial charge is 0 e. The van der Waals surface area contributed by atoms with Crippen LogP contribution in [0.3, 0.4) is 0 Å². The Kier molecular flexibility index (Phi) is 14.0. The van der Waals surface area contributed by atoms with Gasteiger partial charge in [-0.1, -0.05) is 51.4 Å². The molecule has 0 aromatic rings. The van der Waals surface area contributed by atoms with E-state index in [4.69, 9.17) is 41.5 Å². The van der Waals surface area contributed by atoms with Gasteiger partial charge in [0.15, 0.2) is 0 Å². The molecule has 0 radical (unpaired) electrons. The van der Waals surface area contributed by atoms with Crippen molar-refractivity contribution in [3.05, 3.63) is 26.6 Å². The summed E-state index contributed by atoms with van der Waals surface area (Å²) in [6.45, 7) is 3.83. The molecule has 2 aliphatic carbocycles. The van der Waals surface area contributed by atoms with Crippen molar-refractivity contribution >= 4 is 20.2 Å². The molecule has 6 nitrogen and oxygen atoms in total. The zero-order valence-electron chi connectivity index (χ0n) is 16.6. The molecule has 2 saturated carbocycles. The third-order valence-electron chi connectivity index (χ3n) is 5.83. The number of hydrogen-bond acceptors (Lipinski definition) is 1. The zero-order chi connectivity index (χ0) is 20.0. The van der Waals surface area contributed by atoms with Crippen LogP contribution in [0.25, 0.3) is 26.6 Å². The molecular weight excluding hydrogens is 440 g/mol. The minimum atomic E-state index is -0.0743. The Hall–Kier alpha value is 0.859. The van der Waals surface area contributed by atoms with Gasteiger partial charge in [0.25, 0.3) is 0 Å². The summed E-state index contributed by atoms with van der Waals surface area (Å²) >= 11 is 0.00694.